The third-order valence-corrected chi connectivity index (χ3v) is 5.47. The monoisotopic (exact) mass is 468 g/mol. The van der Waals surface area contributed by atoms with Crippen LogP contribution in [0.25, 0.3) is 0 Å². The molecule has 0 spiro atoms. The molecule has 11 heteroatoms. The van der Waals surface area contributed by atoms with E-state index in [1.165, 1.54) is 30.3 Å². The molecule has 0 amide bonds. The van der Waals surface area contributed by atoms with Gasteiger partial charge < -0.3 is 14.9 Å². The van der Waals surface area contributed by atoms with Crippen molar-refractivity contribution in [1.82, 2.24) is 0 Å². The third kappa shape index (κ3) is 8.74. The molecule has 0 heterocycles. The van der Waals surface area contributed by atoms with Crippen LogP contribution in [0.15, 0.2) is 88.7 Å². The molecular weight excluding hydrogens is 444 g/mol. The minimum absolute atomic E-state index is 0.000862. The molecule has 0 aliphatic rings. The summed E-state index contributed by atoms with van der Waals surface area (Å²) in [6.07, 6.45) is 0. The molecule has 0 saturated heterocycles. The van der Waals surface area contributed by atoms with Gasteiger partial charge in [0, 0.05) is 7.11 Å². The van der Waals surface area contributed by atoms with Crippen LogP contribution in [0.5, 0.6) is 11.5 Å². The standard InChI is InChI=1S/C13H13NO3S.C6H7NO3S.CH4O/c14-18(15,16)13-9-5-4-8-12(13)17-10-11-6-2-1-3-7-11;7-11(9,10)6-4-2-1-3-5(6)8;1-2/h1-9H,10H2,(H2,14,15,16);1-4,8H,(H2,7,9,10);2H,1H3. The second-order valence-electron chi connectivity index (χ2n) is 5.78. The van der Waals surface area contributed by atoms with Crippen molar-refractivity contribution in [2.75, 3.05) is 7.11 Å². The zero-order valence-electron chi connectivity index (χ0n) is 16.6. The van der Waals surface area contributed by atoms with Crippen molar-refractivity contribution >= 4 is 20.0 Å². The number of phenols is 1. The van der Waals surface area contributed by atoms with Gasteiger partial charge in [0.2, 0.25) is 20.0 Å². The highest BCUT2D eigenvalue weighted by molar-refractivity contribution is 7.89. The highest BCUT2D eigenvalue weighted by Crippen LogP contribution is 2.23. The maximum Gasteiger partial charge on any atom is 0.241 e. The fourth-order valence-electron chi connectivity index (χ4n) is 2.24. The van der Waals surface area contributed by atoms with Crippen LogP contribution < -0.4 is 15.0 Å². The first-order valence-corrected chi connectivity index (χ1v) is 11.7. The lowest BCUT2D eigenvalue weighted by Crippen LogP contribution is -2.13. The Labute approximate surface area is 181 Å². The average Bonchev–Trinajstić information content (AvgIpc) is 2.74. The highest BCUT2D eigenvalue weighted by Gasteiger charge is 2.14. The number of aromatic hydroxyl groups is 1. The van der Waals surface area contributed by atoms with Crippen molar-refractivity contribution in [1.29, 1.82) is 0 Å². The largest absolute Gasteiger partial charge is 0.507 e. The molecule has 3 aromatic carbocycles. The minimum atomic E-state index is -3.78. The van der Waals surface area contributed by atoms with Gasteiger partial charge in [0.05, 0.1) is 0 Å². The predicted octanol–water partition coefficient (Wildman–Crippen LogP) is 1.56. The summed E-state index contributed by atoms with van der Waals surface area (Å²) < 4.78 is 49.6. The molecule has 6 N–H and O–H groups in total. The predicted molar refractivity (Wildman–Crippen MR) is 116 cm³/mol. The molecule has 0 bridgehead atoms. The van der Waals surface area contributed by atoms with Crippen molar-refractivity contribution in [3.63, 3.8) is 0 Å². The summed E-state index contributed by atoms with van der Waals surface area (Å²) in [7, 11) is -6.55. The van der Waals surface area contributed by atoms with Gasteiger partial charge in [0.1, 0.15) is 27.9 Å². The molecule has 0 saturated carbocycles. The quantitative estimate of drug-likeness (QED) is 0.440. The molecule has 0 aliphatic carbocycles. The van der Waals surface area contributed by atoms with E-state index in [1.54, 1.807) is 18.2 Å². The minimum Gasteiger partial charge on any atom is -0.507 e. The molecule has 9 nitrogen and oxygen atoms in total. The van der Waals surface area contributed by atoms with Gasteiger partial charge in [0.15, 0.2) is 0 Å². The summed E-state index contributed by atoms with van der Waals surface area (Å²) in [5.41, 5.74) is 0.960. The summed E-state index contributed by atoms with van der Waals surface area (Å²) in [4.78, 5) is -0.249. The van der Waals surface area contributed by atoms with Crippen LogP contribution in [0.4, 0.5) is 0 Å². The lowest BCUT2D eigenvalue weighted by atomic mass is 10.2. The van der Waals surface area contributed by atoms with E-state index in [9.17, 15) is 16.8 Å². The Morgan fingerprint density at radius 2 is 1.16 bits per heavy atom. The van der Waals surface area contributed by atoms with E-state index in [4.69, 9.17) is 25.2 Å². The van der Waals surface area contributed by atoms with Gasteiger partial charge in [-0.25, -0.2) is 27.1 Å². The number of hydrogen-bond acceptors (Lipinski definition) is 7. The lowest BCUT2D eigenvalue weighted by Gasteiger charge is -2.09. The summed E-state index contributed by atoms with van der Waals surface area (Å²) in [5, 5.41) is 25.9. The number of rotatable bonds is 5. The summed E-state index contributed by atoms with van der Waals surface area (Å²) in [6.45, 7) is 0.299. The molecule has 0 aliphatic heterocycles. The van der Waals surface area contributed by atoms with E-state index < -0.39 is 20.0 Å². The number of aliphatic hydroxyl groups excluding tert-OH is 1. The zero-order valence-corrected chi connectivity index (χ0v) is 18.3. The molecule has 0 fully saturated rings. The molecule has 3 aromatic rings. The van der Waals surface area contributed by atoms with Crippen LogP contribution in [0.2, 0.25) is 0 Å². The van der Waals surface area contributed by atoms with Crippen molar-refractivity contribution in [2.24, 2.45) is 10.3 Å². The second kappa shape index (κ2) is 12.0. The first-order chi connectivity index (χ1) is 14.6. The SMILES string of the molecule is CO.NS(=O)(=O)c1ccccc1O.NS(=O)(=O)c1ccccc1OCc1ccccc1. The first-order valence-electron chi connectivity index (χ1n) is 8.63. The van der Waals surface area contributed by atoms with E-state index in [0.717, 1.165) is 12.7 Å². The van der Waals surface area contributed by atoms with Crippen LogP contribution in [0.1, 0.15) is 5.56 Å². The van der Waals surface area contributed by atoms with E-state index in [-0.39, 0.29) is 21.3 Å². The molecule has 3 rings (SSSR count). The number of ether oxygens (including phenoxy) is 1. The van der Waals surface area contributed by atoms with Gasteiger partial charge in [-0.2, -0.15) is 0 Å². The van der Waals surface area contributed by atoms with Gasteiger partial charge in [-0.1, -0.05) is 54.6 Å². The summed E-state index contributed by atoms with van der Waals surface area (Å²) in [6, 6.07) is 21.3. The average molecular weight is 469 g/mol. The number of nitrogens with two attached hydrogens (primary N) is 2. The Morgan fingerprint density at radius 3 is 1.65 bits per heavy atom. The maximum atomic E-state index is 11.4. The van der Waals surface area contributed by atoms with Crippen molar-refractivity contribution in [3.8, 4) is 11.5 Å². The second-order valence-corrected chi connectivity index (χ2v) is 8.84. The third-order valence-electron chi connectivity index (χ3n) is 3.56. The van der Waals surface area contributed by atoms with Crippen molar-refractivity contribution < 1.29 is 31.8 Å². The zero-order chi connectivity index (χ0) is 23.5. The topological polar surface area (TPSA) is 170 Å². The van der Waals surface area contributed by atoms with Crippen LogP contribution in [-0.2, 0) is 26.7 Å². The Hall–Kier alpha value is -2.96. The molecule has 0 atom stereocenters. The number of phenolic OH excluding ortho intramolecular Hbond substituents is 1. The van der Waals surface area contributed by atoms with E-state index >= 15 is 0 Å². The fraction of sp³-hybridized carbons (Fsp3) is 0.100. The van der Waals surface area contributed by atoms with Crippen LogP contribution in [0.3, 0.4) is 0 Å². The molecular formula is C20H24N2O7S2. The Morgan fingerprint density at radius 1 is 0.710 bits per heavy atom. The van der Waals surface area contributed by atoms with Gasteiger partial charge in [-0.05, 0) is 29.8 Å². The van der Waals surface area contributed by atoms with E-state index in [2.05, 4.69) is 0 Å². The van der Waals surface area contributed by atoms with Crippen molar-refractivity contribution in [3.05, 3.63) is 84.4 Å². The smallest absolute Gasteiger partial charge is 0.241 e. The maximum absolute atomic E-state index is 11.4. The number of aliphatic hydroxyl groups is 1. The lowest BCUT2D eigenvalue weighted by molar-refractivity contribution is 0.298. The van der Waals surface area contributed by atoms with Gasteiger partial charge >= 0.3 is 0 Å². The molecule has 0 radical (unpaired) electrons. The Bertz CT molecular complexity index is 1170. The first kappa shape index (κ1) is 26.1. The number of benzene rings is 3. The van der Waals surface area contributed by atoms with Gasteiger partial charge in [-0.3, -0.25) is 0 Å². The number of para-hydroxylation sites is 2. The molecule has 0 unspecified atom stereocenters. The summed E-state index contributed by atoms with van der Waals surface area (Å²) in [5.74, 6) is -0.0566. The Kier molecular flexibility index (Phi) is 10.1. The van der Waals surface area contributed by atoms with Crippen LogP contribution in [-0.4, -0.2) is 34.2 Å². The fourth-order valence-corrected chi connectivity index (χ4v) is 3.54. The van der Waals surface area contributed by atoms with Crippen LogP contribution >= 0.6 is 0 Å². The number of primary sulfonamides is 2. The number of hydrogen-bond donors (Lipinski definition) is 4. The molecule has 0 aromatic heterocycles. The summed E-state index contributed by atoms with van der Waals surface area (Å²) >= 11 is 0. The normalized spacial score (nSPS) is 10.7. The van der Waals surface area contributed by atoms with Gasteiger partial charge in [-0.15, -0.1) is 0 Å². The van der Waals surface area contributed by atoms with E-state index in [1.807, 2.05) is 30.3 Å². The number of sulfonamides is 2. The van der Waals surface area contributed by atoms with Crippen LogP contribution in [0, 0.1) is 0 Å². The van der Waals surface area contributed by atoms with E-state index in [0.29, 0.717) is 6.61 Å². The van der Waals surface area contributed by atoms with Gasteiger partial charge in [0.25, 0.3) is 0 Å². The van der Waals surface area contributed by atoms with Crippen molar-refractivity contribution in [2.45, 2.75) is 16.4 Å². The molecule has 168 valence electrons. The Balaban J connectivity index is 0.000000317. The molecule has 31 heavy (non-hydrogen) atoms. The highest BCUT2D eigenvalue weighted by atomic mass is 32.2.